The standard InChI is InChI=1S/C16H14FN3/c1-11-5-7-12(8-6-11)16-15(18)10-20(19-16)14-4-2-3-13(17)9-14/h2-10H,18H2,1H3. The Morgan fingerprint density at radius 1 is 1.10 bits per heavy atom. The summed E-state index contributed by atoms with van der Waals surface area (Å²) in [6.45, 7) is 2.03. The van der Waals surface area contributed by atoms with Crippen LogP contribution in [0.25, 0.3) is 16.9 Å². The fourth-order valence-corrected chi connectivity index (χ4v) is 2.07. The lowest BCUT2D eigenvalue weighted by atomic mass is 10.1. The van der Waals surface area contributed by atoms with Crippen LogP contribution < -0.4 is 5.73 Å². The molecule has 0 radical (unpaired) electrons. The van der Waals surface area contributed by atoms with Gasteiger partial charge >= 0.3 is 0 Å². The van der Waals surface area contributed by atoms with E-state index in [0.29, 0.717) is 17.1 Å². The third kappa shape index (κ3) is 2.28. The summed E-state index contributed by atoms with van der Waals surface area (Å²) in [7, 11) is 0. The third-order valence-corrected chi connectivity index (χ3v) is 3.14. The van der Waals surface area contributed by atoms with E-state index >= 15 is 0 Å². The lowest BCUT2D eigenvalue weighted by molar-refractivity contribution is 0.625. The van der Waals surface area contributed by atoms with Crippen LogP contribution >= 0.6 is 0 Å². The molecule has 0 amide bonds. The third-order valence-electron chi connectivity index (χ3n) is 3.14. The molecule has 3 nitrogen and oxygen atoms in total. The second-order valence-corrected chi connectivity index (χ2v) is 4.72. The Bertz CT molecular complexity index is 745. The Balaban J connectivity index is 2.05. The molecular formula is C16H14FN3. The molecule has 0 bridgehead atoms. The summed E-state index contributed by atoms with van der Waals surface area (Å²) < 4.78 is 14.8. The van der Waals surface area contributed by atoms with E-state index in [2.05, 4.69) is 5.10 Å². The van der Waals surface area contributed by atoms with Crippen molar-refractivity contribution in [3.8, 4) is 16.9 Å². The van der Waals surface area contributed by atoms with Gasteiger partial charge in [0.25, 0.3) is 0 Å². The van der Waals surface area contributed by atoms with Gasteiger partial charge in [0.05, 0.1) is 17.6 Å². The number of aryl methyl sites for hydroxylation is 1. The zero-order valence-corrected chi connectivity index (χ0v) is 11.0. The molecule has 0 aliphatic rings. The highest BCUT2D eigenvalue weighted by atomic mass is 19.1. The number of halogens is 1. The van der Waals surface area contributed by atoms with Crippen LogP contribution in [0, 0.1) is 12.7 Å². The Kier molecular flexibility index (Phi) is 2.99. The first-order valence-corrected chi connectivity index (χ1v) is 6.31. The summed E-state index contributed by atoms with van der Waals surface area (Å²) in [4.78, 5) is 0. The first-order valence-electron chi connectivity index (χ1n) is 6.31. The van der Waals surface area contributed by atoms with Crippen molar-refractivity contribution in [2.24, 2.45) is 0 Å². The summed E-state index contributed by atoms with van der Waals surface area (Å²) in [5, 5.41) is 4.45. The maximum absolute atomic E-state index is 13.3. The van der Waals surface area contributed by atoms with Crippen molar-refractivity contribution in [2.45, 2.75) is 6.92 Å². The minimum atomic E-state index is -0.298. The van der Waals surface area contributed by atoms with Crippen molar-refractivity contribution in [1.82, 2.24) is 9.78 Å². The fraction of sp³-hybridized carbons (Fsp3) is 0.0625. The van der Waals surface area contributed by atoms with E-state index in [1.54, 1.807) is 23.0 Å². The molecule has 1 aromatic heterocycles. The average Bonchev–Trinajstić information content (AvgIpc) is 2.82. The van der Waals surface area contributed by atoms with Crippen LogP contribution in [0.3, 0.4) is 0 Å². The number of anilines is 1. The average molecular weight is 267 g/mol. The molecule has 2 N–H and O–H groups in total. The van der Waals surface area contributed by atoms with Gasteiger partial charge in [-0.1, -0.05) is 35.9 Å². The van der Waals surface area contributed by atoms with E-state index in [4.69, 9.17) is 5.73 Å². The van der Waals surface area contributed by atoms with E-state index in [9.17, 15) is 4.39 Å². The summed E-state index contributed by atoms with van der Waals surface area (Å²) >= 11 is 0. The van der Waals surface area contributed by atoms with Crippen LogP contribution in [-0.2, 0) is 0 Å². The Morgan fingerprint density at radius 3 is 2.55 bits per heavy atom. The van der Waals surface area contributed by atoms with E-state index in [1.165, 1.54) is 17.7 Å². The van der Waals surface area contributed by atoms with Crippen molar-refractivity contribution in [2.75, 3.05) is 5.73 Å². The zero-order chi connectivity index (χ0) is 14.1. The number of hydrogen-bond acceptors (Lipinski definition) is 2. The SMILES string of the molecule is Cc1ccc(-c2nn(-c3cccc(F)c3)cc2N)cc1. The Morgan fingerprint density at radius 2 is 1.85 bits per heavy atom. The van der Waals surface area contributed by atoms with E-state index in [1.807, 2.05) is 31.2 Å². The number of hydrogen-bond donors (Lipinski definition) is 1. The molecule has 0 atom stereocenters. The molecule has 100 valence electrons. The minimum absolute atomic E-state index is 0.298. The maximum Gasteiger partial charge on any atom is 0.125 e. The summed E-state index contributed by atoms with van der Waals surface area (Å²) in [5.41, 5.74) is 10.1. The van der Waals surface area contributed by atoms with E-state index < -0.39 is 0 Å². The molecule has 3 rings (SSSR count). The van der Waals surface area contributed by atoms with E-state index in [-0.39, 0.29) is 5.82 Å². The molecule has 0 saturated carbocycles. The molecule has 2 aromatic carbocycles. The van der Waals surface area contributed by atoms with Crippen LogP contribution in [0.2, 0.25) is 0 Å². The molecule has 0 spiro atoms. The van der Waals surface area contributed by atoms with Crippen LogP contribution in [0.4, 0.5) is 10.1 Å². The highest BCUT2D eigenvalue weighted by Gasteiger charge is 2.09. The summed E-state index contributed by atoms with van der Waals surface area (Å²) in [5.74, 6) is -0.298. The van der Waals surface area contributed by atoms with Gasteiger partial charge in [-0.05, 0) is 25.1 Å². The highest BCUT2D eigenvalue weighted by Crippen LogP contribution is 2.25. The number of aromatic nitrogens is 2. The van der Waals surface area contributed by atoms with Gasteiger partial charge in [-0.3, -0.25) is 0 Å². The number of benzene rings is 2. The quantitative estimate of drug-likeness (QED) is 0.771. The van der Waals surface area contributed by atoms with Gasteiger partial charge in [0.2, 0.25) is 0 Å². The number of nitrogen functional groups attached to an aromatic ring is 1. The van der Waals surface area contributed by atoms with Crippen molar-refractivity contribution < 1.29 is 4.39 Å². The number of nitrogens with two attached hydrogens (primary N) is 1. The number of nitrogens with zero attached hydrogens (tertiary/aromatic N) is 2. The van der Waals surface area contributed by atoms with Crippen LogP contribution in [0.1, 0.15) is 5.56 Å². The largest absolute Gasteiger partial charge is 0.396 e. The second-order valence-electron chi connectivity index (χ2n) is 4.72. The van der Waals surface area contributed by atoms with Gasteiger partial charge in [-0.2, -0.15) is 5.10 Å². The van der Waals surface area contributed by atoms with Gasteiger partial charge in [-0.25, -0.2) is 9.07 Å². The molecule has 0 aliphatic carbocycles. The molecule has 0 aliphatic heterocycles. The first kappa shape index (κ1) is 12.4. The monoisotopic (exact) mass is 267 g/mol. The zero-order valence-electron chi connectivity index (χ0n) is 11.0. The van der Waals surface area contributed by atoms with Crippen LogP contribution in [-0.4, -0.2) is 9.78 Å². The second kappa shape index (κ2) is 4.81. The van der Waals surface area contributed by atoms with Crippen molar-refractivity contribution >= 4 is 5.69 Å². The molecule has 0 fully saturated rings. The lowest BCUT2D eigenvalue weighted by Gasteiger charge is -2.01. The smallest absolute Gasteiger partial charge is 0.125 e. The molecule has 1 heterocycles. The van der Waals surface area contributed by atoms with Gasteiger partial charge in [0.1, 0.15) is 11.5 Å². The van der Waals surface area contributed by atoms with Gasteiger partial charge < -0.3 is 5.73 Å². The fourth-order valence-electron chi connectivity index (χ4n) is 2.07. The normalized spacial score (nSPS) is 10.7. The first-order chi connectivity index (χ1) is 9.63. The Labute approximate surface area is 116 Å². The molecule has 4 heteroatoms. The maximum atomic E-state index is 13.3. The predicted octanol–water partition coefficient (Wildman–Crippen LogP) is 3.57. The van der Waals surface area contributed by atoms with Gasteiger partial charge in [-0.15, -0.1) is 0 Å². The summed E-state index contributed by atoms with van der Waals surface area (Å²) in [6, 6.07) is 14.2. The van der Waals surface area contributed by atoms with Crippen molar-refractivity contribution in [1.29, 1.82) is 0 Å². The highest BCUT2D eigenvalue weighted by molar-refractivity contribution is 5.72. The molecule has 3 aromatic rings. The Hall–Kier alpha value is -2.62. The summed E-state index contributed by atoms with van der Waals surface area (Å²) in [6.07, 6.45) is 1.70. The van der Waals surface area contributed by atoms with Gasteiger partial charge in [0, 0.05) is 5.56 Å². The molecule has 0 saturated heterocycles. The minimum Gasteiger partial charge on any atom is -0.396 e. The molecular weight excluding hydrogens is 253 g/mol. The van der Waals surface area contributed by atoms with Crippen LogP contribution in [0.5, 0.6) is 0 Å². The number of rotatable bonds is 2. The molecule has 20 heavy (non-hydrogen) atoms. The van der Waals surface area contributed by atoms with E-state index in [0.717, 1.165) is 5.56 Å². The predicted molar refractivity (Wildman–Crippen MR) is 78.1 cm³/mol. The molecule has 0 unspecified atom stereocenters. The van der Waals surface area contributed by atoms with Crippen molar-refractivity contribution in [3.63, 3.8) is 0 Å². The van der Waals surface area contributed by atoms with Crippen molar-refractivity contribution in [3.05, 3.63) is 66.1 Å². The topological polar surface area (TPSA) is 43.8 Å². The lowest BCUT2D eigenvalue weighted by Crippen LogP contribution is -1.95. The van der Waals surface area contributed by atoms with Gasteiger partial charge in [0.15, 0.2) is 0 Å². The van der Waals surface area contributed by atoms with Crippen LogP contribution in [0.15, 0.2) is 54.7 Å².